The minimum Gasteiger partial charge on any atom is -0.357 e. The zero-order valence-corrected chi connectivity index (χ0v) is 20.6. The van der Waals surface area contributed by atoms with E-state index >= 15 is 0 Å². The van der Waals surface area contributed by atoms with Crippen LogP contribution in [0.15, 0.2) is 33.9 Å². The van der Waals surface area contributed by atoms with Gasteiger partial charge < -0.3 is 15.2 Å². The van der Waals surface area contributed by atoms with Crippen molar-refractivity contribution in [2.24, 2.45) is 4.99 Å². The van der Waals surface area contributed by atoms with Crippen LogP contribution in [0.1, 0.15) is 45.9 Å². The van der Waals surface area contributed by atoms with Crippen LogP contribution in [-0.4, -0.2) is 64.2 Å². The van der Waals surface area contributed by atoms with Gasteiger partial charge in [-0.25, -0.2) is 0 Å². The minimum absolute atomic E-state index is 0. The number of piperidine rings is 1. The first-order valence-corrected chi connectivity index (χ1v) is 10.6. The first-order chi connectivity index (χ1) is 14.1. The standard InChI is InChI=1S/C21H33N7O.HI/c1-4-22-20(25-16-21(2,3)28-14-8-5-9-15-28)24-13-11-18-26-19(29-27-18)17-10-6-7-12-23-17;/h6-7,10,12H,4-5,8-9,11,13-16H2,1-3H3,(H2,22,24,25);1H. The Labute approximate surface area is 196 Å². The normalized spacial score (nSPS) is 15.5. The van der Waals surface area contributed by atoms with Crippen LogP contribution in [0.3, 0.4) is 0 Å². The summed E-state index contributed by atoms with van der Waals surface area (Å²) in [5.74, 6) is 1.93. The van der Waals surface area contributed by atoms with E-state index in [0.717, 1.165) is 19.0 Å². The molecule has 1 aliphatic rings. The molecule has 1 aliphatic heterocycles. The van der Waals surface area contributed by atoms with E-state index in [4.69, 9.17) is 9.52 Å². The van der Waals surface area contributed by atoms with Crippen LogP contribution in [-0.2, 0) is 6.42 Å². The summed E-state index contributed by atoms with van der Waals surface area (Å²) in [4.78, 5) is 16.0. The highest BCUT2D eigenvalue weighted by atomic mass is 127. The van der Waals surface area contributed by atoms with E-state index < -0.39 is 0 Å². The second-order valence-electron chi connectivity index (χ2n) is 7.96. The zero-order valence-electron chi connectivity index (χ0n) is 18.2. The predicted octanol–water partition coefficient (Wildman–Crippen LogP) is 3.11. The molecule has 0 aliphatic carbocycles. The number of nitrogens with one attached hydrogen (secondary N) is 2. The fourth-order valence-electron chi connectivity index (χ4n) is 3.46. The lowest BCUT2D eigenvalue weighted by Gasteiger charge is -2.40. The average molecular weight is 527 g/mol. The molecular formula is C21H34IN7O. The second kappa shape index (κ2) is 12.2. The molecule has 8 nitrogen and oxygen atoms in total. The van der Waals surface area contributed by atoms with Gasteiger partial charge in [0.2, 0.25) is 0 Å². The topological polar surface area (TPSA) is 91.5 Å². The maximum absolute atomic E-state index is 5.31. The van der Waals surface area contributed by atoms with Crippen molar-refractivity contribution in [3.8, 4) is 11.6 Å². The molecule has 1 saturated heterocycles. The van der Waals surface area contributed by atoms with Crippen molar-refractivity contribution in [1.29, 1.82) is 0 Å². The van der Waals surface area contributed by atoms with Gasteiger partial charge in [-0.05, 0) is 58.8 Å². The Morgan fingerprint density at radius 3 is 2.70 bits per heavy atom. The molecule has 0 unspecified atom stereocenters. The number of rotatable bonds is 8. The molecule has 2 aromatic heterocycles. The first-order valence-electron chi connectivity index (χ1n) is 10.6. The Bertz CT molecular complexity index is 773. The monoisotopic (exact) mass is 527 g/mol. The van der Waals surface area contributed by atoms with Crippen molar-refractivity contribution in [1.82, 2.24) is 30.7 Å². The third-order valence-corrected chi connectivity index (χ3v) is 5.17. The number of nitrogens with zero attached hydrogens (tertiary/aromatic N) is 5. The van der Waals surface area contributed by atoms with Crippen molar-refractivity contribution < 1.29 is 4.52 Å². The second-order valence-corrected chi connectivity index (χ2v) is 7.96. The number of aromatic nitrogens is 3. The maximum atomic E-state index is 5.31. The lowest BCUT2D eigenvalue weighted by molar-refractivity contribution is 0.102. The van der Waals surface area contributed by atoms with Crippen LogP contribution in [0, 0.1) is 0 Å². The Morgan fingerprint density at radius 1 is 1.20 bits per heavy atom. The van der Waals surface area contributed by atoms with Gasteiger partial charge in [-0.1, -0.05) is 17.6 Å². The van der Waals surface area contributed by atoms with Crippen molar-refractivity contribution in [3.05, 3.63) is 30.2 Å². The third kappa shape index (κ3) is 7.19. The smallest absolute Gasteiger partial charge is 0.276 e. The van der Waals surface area contributed by atoms with Gasteiger partial charge in [-0.15, -0.1) is 24.0 Å². The molecule has 3 rings (SSSR count). The summed E-state index contributed by atoms with van der Waals surface area (Å²) in [5, 5.41) is 10.7. The highest BCUT2D eigenvalue weighted by molar-refractivity contribution is 14.0. The largest absolute Gasteiger partial charge is 0.357 e. The molecule has 2 aromatic rings. The molecule has 0 atom stereocenters. The lowest BCUT2D eigenvalue weighted by Crippen LogP contribution is -2.49. The molecule has 0 spiro atoms. The lowest BCUT2D eigenvalue weighted by atomic mass is 9.99. The van der Waals surface area contributed by atoms with Gasteiger partial charge in [0, 0.05) is 31.2 Å². The van der Waals surface area contributed by atoms with E-state index in [1.165, 1.54) is 32.4 Å². The molecule has 0 bridgehead atoms. The molecule has 3 heterocycles. The summed E-state index contributed by atoms with van der Waals surface area (Å²) in [6, 6.07) is 5.62. The van der Waals surface area contributed by atoms with Crippen molar-refractivity contribution in [2.45, 2.75) is 52.0 Å². The number of guanidine groups is 1. The van der Waals surface area contributed by atoms with Crippen molar-refractivity contribution in [2.75, 3.05) is 32.7 Å². The van der Waals surface area contributed by atoms with Gasteiger partial charge in [0.1, 0.15) is 5.69 Å². The summed E-state index contributed by atoms with van der Waals surface area (Å²) in [6.45, 7) is 11.2. The van der Waals surface area contributed by atoms with Crippen molar-refractivity contribution in [3.63, 3.8) is 0 Å². The third-order valence-electron chi connectivity index (χ3n) is 5.17. The summed E-state index contributed by atoms with van der Waals surface area (Å²) >= 11 is 0. The van der Waals surface area contributed by atoms with Crippen LogP contribution >= 0.6 is 24.0 Å². The fraction of sp³-hybridized carbons (Fsp3) is 0.619. The average Bonchev–Trinajstić information content (AvgIpc) is 3.22. The van der Waals surface area contributed by atoms with Crippen LogP contribution in [0.5, 0.6) is 0 Å². The summed E-state index contributed by atoms with van der Waals surface area (Å²) in [7, 11) is 0. The molecule has 0 radical (unpaired) electrons. The SMILES string of the molecule is CCNC(=NCC(C)(C)N1CCCCC1)NCCc1noc(-c2ccccn2)n1.I. The van der Waals surface area contributed by atoms with Gasteiger partial charge in [-0.3, -0.25) is 14.9 Å². The van der Waals surface area contributed by atoms with Gasteiger partial charge in [0.15, 0.2) is 11.8 Å². The molecule has 2 N–H and O–H groups in total. The molecule has 9 heteroatoms. The first kappa shape index (κ1) is 24.5. The number of aliphatic imine (C=N–C) groups is 1. The van der Waals surface area contributed by atoms with Crippen LogP contribution in [0.4, 0.5) is 0 Å². The number of hydrogen-bond donors (Lipinski definition) is 2. The molecule has 166 valence electrons. The molecule has 0 saturated carbocycles. The van der Waals surface area contributed by atoms with Gasteiger partial charge in [0.25, 0.3) is 5.89 Å². The van der Waals surface area contributed by atoms with E-state index in [1.807, 2.05) is 18.2 Å². The van der Waals surface area contributed by atoms with Crippen LogP contribution in [0.25, 0.3) is 11.6 Å². The Balaban J connectivity index is 0.00000320. The molecule has 0 aromatic carbocycles. The van der Waals surface area contributed by atoms with Gasteiger partial charge in [-0.2, -0.15) is 4.98 Å². The zero-order chi connectivity index (χ0) is 20.5. The Kier molecular flexibility index (Phi) is 9.96. The van der Waals surface area contributed by atoms with E-state index in [-0.39, 0.29) is 29.5 Å². The van der Waals surface area contributed by atoms with Crippen LogP contribution < -0.4 is 10.6 Å². The number of hydrogen-bond acceptors (Lipinski definition) is 6. The van der Waals surface area contributed by atoms with Crippen LogP contribution in [0.2, 0.25) is 0 Å². The van der Waals surface area contributed by atoms with E-state index in [2.05, 4.69) is 51.4 Å². The number of likely N-dealkylation sites (tertiary alicyclic amines) is 1. The highest BCUT2D eigenvalue weighted by Gasteiger charge is 2.27. The summed E-state index contributed by atoms with van der Waals surface area (Å²) in [6.07, 6.45) is 6.28. The molecular weight excluding hydrogens is 493 g/mol. The highest BCUT2D eigenvalue weighted by Crippen LogP contribution is 2.20. The minimum atomic E-state index is 0. The Morgan fingerprint density at radius 2 is 2.00 bits per heavy atom. The quantitative estimate of drug-likeness (QED) is 0.310. The van der Waals surface area contributed by atoms with Gasteiger partial charge >= 0.3 is 0 Å². The van der Waals surface area contributed by atoms with E-state index in [9.17, 15) is 0 Å². The number of halogens is 1. The summed E-state index contributed by atoms with van der Waals surface area (Å²) < 4.78 is 5.31. The van der Waals surface area contributed by atoms with Gasteiger partial charge in [0.05, 0.1) is 6.54 Å². The predicted molar refractivity (Wildman–Crippen MR) is 130 cm³/mol. The van der Waals surface area contributed by atoms with E-state index in [1.54, 1.807) is 6.20 Å². The number of pyridine rings is 1. The molecule has 0 amide bonds. The van der Waals surface area contributed by atoms with E-state index in [0.29, 0.717) is 30.4 Å². The fourth-order valence-corrected chi connectivity index (χ4v) is 3.46. The van der Waals surface area contributed by atoms with Crippen molar-refractivity contribution >= 4 is 29.9 Å². The maximum Gasteiger partial charge on any atom is 0.276 e. The molecule has 1 fully saturated rings. The molecule has 30 heavy (non-hydrogen) atoms. The Hall–Kier alpha value is -1.75. The summed E-state index contributed by atoms with van der Waals surface area (Å²) in [5.41, 5.74) is 0.752.